The lowest BCUT2D eigenvalue weighted by Crippen LogP contribution is -2.46. The first-order chi connectivity index (χ1) is 24.9. The number of ketones is 1. The summed E-state index contributed by atoms with van der Waals surface area (Å²) in [5.41, 5.74) is 9.73. The van der Waals surface area contributed by atoms with Crippen LogP contribution >= 0.6 is 35.2 Å². The van der Waals surface area contributed by atoms with Crippen LogP contribution in [0, 0.1) is 5.41 Å². The molecular formula is C25H43N8O17P3S. The molecule has 0 bridgehead atoms. The maximum Gasteiger partial charge on any atom is 0.481 e. The number of phosphoric ester groups is 3. The number of aliphatic hydroxyl groups excluding tert-OH is 2. The molecule has 1 aliphatic rings. The molecule has 0 radical (unpaired) electrons. The lowest BCUT2D eigenvalue weighted by Gasteiger charge is -2.30. The van der Waals surface area contributed by atoms with Crippen molar-refractivity contribution in [3.63, 3.8) is 0 Å². The number of aliphatic hydroxyl groups is 2. The number of amides is 2. The molecule has 12 N–H and O–H groups in total. The zero-order valence-corrected chi connectivity index (χ0v) is 32.4. The van der Waals surface area contributed by atoms with Crippen molar-refractivity contribution >= 4 is 69.8 Å². The van der Waals surface area contributed by atoms with Gasteiger partial charge in [0.15, 0.2) is 23.5 Å². The maximum atomic E-state index is 12.6. The van der Waals surface area contributed by atoms with Crippen LogP contribution in [0.2, 0.25) is 0 Å². The second-order valence-electron chi connectivity index (χ2n) is 12.4. The normalized spacial score (nSPS) is 22.6. The van der Waals surface area contributed by atoms with Gasteiger partial charge in [-0.05, 0) is 6.92 Å². The molecule has 0 saturated carbocycles. The molecule has 54 heavy (non-hydrogen) atoms. The van der Waals surface area contributed by atoms with Gasteiger partial charge in [-0.15, -0.1) is 0 Å². The van der Waals surface area contributed by atoms with Crippen molar-refractivity contribution in [3.8, 4) is 0 Å². The first-order valence-electron chi connectivity index (χ1n) is 15.7. The Morgan fingerprint density at radius 3 is 2.39 bits per heavy atom. The van der Waals surface area contributed by atoms with Crippen LogP contribution in [-0.2, 0) is 50.7 Å². The number of ether oxygens (including phenoxy) is 1. The van der Waals surface area contributed by atoms with E-state index < -0.39 is 90.6 Å². The Morgan fingerprint density at radius 1 is 1.07 bits per heavy atom. The summed E-state index contributed by atoms with van der Waals surface area (Å²) in [6.07, 6.45) is -6.90. The molecule has 0 aliphatic carbocycles. The Kier molecular flexibility index (Phi) is 16.2. The van der Waals surface area contributed by atoms with E-state index in [-0.39, 0.29) is 48.0 Å². The number of rotatable bonds is 22. The number of hydrogen-bond acceptors (Lipinski definition) is 19. The van der Waals surface area contributed by atoms with Crippen LogP contribution in [0.4, 0.5) is 5.82 Å². The monoisotopic (exact) mass is 852 g/mol. The number of hydrogen-bond donors (Lipinski definition) is 10. The Labute approximate surface area is 311 Å². The number of carbonyl (C=O) groups excluding carboxylic acids is 3. The molecule has 0 spiro atoms. The average Bonchev–Trinajstić information content (AvgIpc) is 3.62. The minimum Gasteiger partial charge on any atom is -0.386 e. The van der Waals surface area contributed by atoms with Gasteiger partial charge in [-0.2, -0.15) is 16.1 Å². The van der Waals surface area contributed by atoms with Crippen molar-refractivity contribution in [1.29, 1.82) is 0 Å². The van der Waals surface area contributed by atoms with Crippen LogP contribution in [0.5, 0.6) is 0 Å². The largest absolute Gasteiger partial charge is 0.481 e. The molecule has 25 nitrogen and oxygen atoms in total. The van der Waals surface area contributed by atoms with Gasteiger partial charge in [0.05, 0.1) is 31.3 Å². The molecule has 306 valence electrons. The number of nitrogens with one attached hydrogen (secondary N) is 2. The van der Waals surface area contributed by atoms with E-state index in [2.05, 4.69) is 34.4 Å². The van der Waals surface area contributed by atoms with Crippen LogP contribution in [-0.4, -0.2) is 135 Å². The highest BCUT2D eigenvalue weighted by molar-refractivity contribution is 7.99. The molecule has 2 amide bonds. The summed E-state index contributed by atoms with van der Waals surface area (Å²) in [6, 6.07) is -0.578. The second-order valence-corrected chi connectivity index (χ2v) is 17.7. The molecule has 4 unspecified atom stereocenters. The van der Waals surface area contributed by atoms with Crippen molar-refractivity contribution in [3.05, 3.63) is 12.7 Å². The Hall–Kier alpha value is -2.48. The van der Waals surface area contributed by atoms with Gasteiger partial charge >= 0.3 is 23.5 Å². The van der Waals surface area contributed by atoms with Crippen LogP contribution in [0.25, 0.3) is 11.2 Å². The van der Waals surface area contributed by atoms with E-state index in [1.807, 2.05) is 0 Å². The van der Waals surface area contributed by atoms with Crippen LogP contribution < -0.4 is 22.1 Å². The maximum absolute atomic E-state index is 12.6. The average molecular weight is 853 g/mol. The SMILES string of the molecule is CC(N)C(=O)CSCCNC(=O)CCNC(=O)C(O)C(C)(C)COP(=O)(O)OP(=O)(O)OC[C@H]1O[C@@H](n2cnc3c(N)ncnc32)[C@H](O)[C@@H]1OP(=O)(O)O. The molecule has 29 heteroatoms. The number of phosphoric acid groups is 3. The van der Waals surface area contributed by atoms with Gasteiger partial charge in [0.2, 0.25) is 11.8 Å². The Bertz CT molecular complexity index is 1780. The first-order valence-corrected chi connectivity index (χ1v) is 21.4. The predicted octanol–water partition coefficient (Wildman–Crippen LogP) is -1.95. The van der Waals surface area contributed by atoms with Crippen molar-refractivity contribution < 1.29 is 80.5 Å². The van der Waals surface area contributed by atoms with Crippen LogP contribution in [0.1, 0.15) is 33.4 Å². The summed E-state index contributed by atoms with van der Waals surface area (Å²) in [5, 5.41) is 26.3. The Morgan fingerprint density at radius 2 is 1.74 bits per heavy atom. The minimum atomic E-state index is -5.57. The van der Waals surface area contributed by atoms with Gasteiger partial charge < -0.3 is 56.6 Å². The number of nitrogens with zero attached hydrogens (tertiary/aromatic N) is 4. The number of aromatic nitrogens is 4. The van der Waals surface area contributed by atoms with E-state index >= 15 is 0 Å². The fraction of sp³-hybridized carbons (Fsp3) is 0.680. The third-order valence-corrected chi connectivity index (χ3v) is 11.5. The van der Waals surface area contributed by atoms with Crippen LogP contribution in [0.15, 0.2) is 12.7 Å². The van der Waals surface area contributed by atoms with E-state index in [0.717, 1.165) is 17.2 Å². The fourth-order valence-electron chi connectivity index (χ4n) is 4.51. The number of imidazole rings is 1. The van der Waals surface area contributed by atoms with Gasteiger partial charge in [-0.25, -0.2) is 28.6 Å². The standard InChI is InChI=1S/C25H43N8O17P3S/c1-13(26)14(34)9-54-7-6-28-16(35)4-5-29-23(38)20(37)25(2,3)10-47-53(44,45)50-52(42,43)46-8-15-19(49-51(39,40)41)18(36)24(48-15)33-12-32-17-21(27)30-11-31-22(17)33/h11-13,15,18-20,24,36-37H,4-10,26H2,1-3H3,(H,28,35)(H,29,38)(H,42,43)(H,44,45)(H2,27,30,31)(H2,39,40,41)/t13?,15-,18-,19-,20?,24-/m1/s1. The number of anilines is 1. The third kappa shape index (κ3) is 13.6. The van der Waals surface area contributed by atoms with E-state index in [4.69, 9.17) is 25.3 Å². The number of thioether (sulfide) groups is 1. The molecule has 2 aromatic rings. The first kappa shape index (κ1) is 45.9. The zero-order valence-electron chi connectivity index (χ0n) is 28.9. The van der Waals surface area contributed by atoms with Crippen molar-refractivity contribution in [2.24, 2.45) is 11.1 Å². The number of nitrogen functional groups attached to an aromatic ring is 1. The van der Waals surface area contributed by atoms with Gasteiger partial charge in [0, 0.05) is 30.7 Å². The second kappa shape index (κ2) is 19.1. The number of Topliss-reactive ketones (excluding diaryl/α,β-unsaturated/α-hetero) is 1. The van der Waals surface area contributed by atoms with Crippen molar-refractivity contribution in [2.75, 3.05) is 43.5 Å². The molecule has 2 aromatic heterocycles. The lowest BCUT2D eigenvalue weighted by molar-refractivity contribution is -0.137. The summed E-state index contributed by atoms with van der Waals surface area (Å²) in [7, 11) is -16.4. The highest BCUT2D eigenvalue weighted by atomic mass is 32.2. The molecule has 0 aromatic carbocycles. The topological polar surface area (TPSA) is 390 Å². The predicted molar refractivity (Wildman–Crippen MR) is 186 cm³/mol. The van der Waals surface area contributed by atoms with Crippen LogP contribution in [0.3, 0.4) is 0 Å². The molecule has 3 rings (SSSR count). The zero-order chi connectivity index (χ0) is 40.6. The fourth-order valence-corrected chi connectivity index (χ4v) is 8.19. The van der Waals surface area contributed by atoms with E-state index in [0.29, 0.717) is 5.75 Å². The summed E-state index contributed by atoms with van der Waals surface area (Å²) in [5.74, 6) is -0.917. The third-order valence-electron chi connectivity index (χ3n) is 7.40. The summed E-state index contributed by atoms with van der Waals surface area (Å²) in [4.78, 5) is 86.9. The molecule has 1 fully saturated rings. The van der Waals surface area contributed by atoms with Crippen molar-refractivity contribution in [2.45, 2.75) is 63.9 Å². The van der Waals surface area contributed by atoms with Gasteiger partial charge in [0.1, 0.15) is 36.3 Å². The lowest BCUT2D eigenvalue weighted by atomic mass is 9.87. The number of carbonyl (C=O) groups is 3. The van der Waals surface area contributed by atoms with E-state index in [1.54, 1.807) is 6.92 Å². The number of nitrogens with two attached hydrogens (primary N) is 2. The highest BCUT2D eigenvalue weighted by Crippen LogP contribution is 2.61. The Balaban J connectivity index is 1.50. The smallest absolute Gasteiger partial charge is 0.386 e. The molecule has 1 aliphatic heterocycles. The molecule has 3 heterocycles. The van der Waals surface area contributed by atoms with Gasteiger partial charge in [-0.3, -0.25) is 32.5 Å². The minimum absolute atomic E-state index is 0.0293. The summed E-state index contributed by atoms with van der Waals surface area (Å²) >= 11 is 1.29. The molecule has 8 atom stereocenters. The quantitative estimate of drug-likeness (QED) is 0.0455. The van der Waals surface area contributed by atoms with Gasteiger partial charge in [0.25, 0.3) is 0 Å². The summed E-state index contributed by atoms with van der Waals surface area (Å²) < 4.78 is 62.0. The number of fused-ring (bicyclic) bond motifs is 1. The molecular weight excluding hydrogens is 809 g/mol. The van der Waals surface area contributed by atoms with Crippen molar-refractivity contribution in [1.82, 2.24) is 30.2 Å². The van der Waals surface area contributed by atoms with E-state index in [9.17, 15) is 57.9 Å². The summed E-state index contributed by atoms with van der Waals surface area (Å²) in [6.45, 7) is 2.12. The molecule has 1 saturated heterocycles. The van der Waals surface area contributed by atoms with E-state index in [1.165, 1.54) is 25.6 Å². The highest BCUT2D eigenvalue weighted by Gasteiger charge is 2.50. The van der Waals surface area contributed by atoms with Gasteiger partial charge in [-0.1, -0.05) is 13.8 Å².